The average Bonchev–Trinajstić information content (AvgIpc) is 3.20. The van der Waals surface area contributed by atoms with Crippen LogP contribution in [0, 0.1) is 0 Å². The molecular formula is C25H29N5O2. The van der Waals surface area contributed by atoms with E-state index in [4.69, 9.17) is 0 Å². The van der Waals surface area contributed by atoms with Crippen molar-refractivity contribution in [3.8, 4) is 0 Å². The molecule has 0 bridgehead atoms. The Morgan fingerprint density at radius 3 is 2.75 bits per heavy atom. The van der Waals surface area contributed by atoms with Crippen LogP contribution in [0.15, 0.2) is 55.0 Å². The van der Waals surface area contributed by atoms with Gasteiger partial charge in [0.15, 0.2) is 0 Å². The van der Waals surface area contributed by atoms with Crippen molar-refractivity contribution in [2.24, 2.45) is 7.05 Å². The third kappa shape index (κ3) is 4.40. The first-order chi connectivity index (χ1) is 15.5. The summed E-state index contributed by atoms with van der Waals surface area (Å²) < 4.78 is 1.96. The van der Waals surface area contributed by atoms with Crippen LogP contribution in [0.25, 0.3) is 0 Å². The molecular weight excluding hydrogens is 402 g/mol. The quantitative estimate of drug-likeness (QED) is 0.628. The second kappa shape index (κ2) is 8.76. The molecule has 32 heavy (non-hydrogen) atoms. The zero-order chi connectivity index (χ0) is 22.1. The molecule has 2 aliphatic rings. The summed E-state index contributed by atoms with van der Waals surface area (Å²) in [5, 5.41) is 14.1. The summed E-state index contributed by atoms with van der Waals surface area (Å²) in [7, 11) is 1.96. The lowest BCUT2D eigenvalue weighted by Gasteiger charge is -2.33. The normalized spacial score (nSPS) is 17.1. The number of benzene rings is 1. The number of carbonyl (C=O) groups is 1. The van der Waals surface area contributed by atoms with Gasteiger partial charge in [-0.15, -0.1) is 0 Å². The summed E-state index contributed by atoms with van der Waals surface area (Å²) in [6.45, 7) is 3.28. The molecule has 0 saturated heterocycles. The zero-order valence-corrected chi connectivity index (χ0v) is 18.4. The Balaban J connectivity index is 1.22. The molecule has 0 radical (unpaired) electrons. The van der Waals surface area contributed by atoms with Gasteiger partial charge < -0.3 is 19.9 Å². The highest BCUT2D eigenvalue weighted by Crippen LogP contribution is 2.24. The van der Waals surface area contributed by atoms with E-state index in [1.807, 2.05) is 36.1 Å². The lowest BCUT2D eigenvalue weighted by molar-refractivity contribution is 0.0491. The number of β-amino-alcohol motifs (C(OH)–C–C–N with tert-alkyl or cyclic N) is 1. The summed E-state index contributed by atoms with van der Waals surface area (Å²) >= 11 is 0. The lowest BCUT2D eigenvalue weighted by Crippen LogP contribution is -2.46. The van der Waals surface area contributed by atoms with E-state index in [0.29, 0.717) is 31.6 Å². The molecule has 2 aliphatic heterocycles. The molecule has 7 heteroatoms. The Hall–Kier alpha value is -3.16. The molecule has 1 amide bonds. The fourth-order valence-electron chi connectivity index (χ4n) is 4.70. The van der Waals surface area contributed by atoms with Crippen molar-refractivity contribution in [3.05, 3.63) is 77.4 Å². The lowest BCUT2D eigenvalue weighted by atomic mass is 9.99. The molecule has 166 valence electrons. The number of amides is 1. The summed E-state index contributed by atoms with van der Waals surface area (Å²) in [5.74, 6) is -0.0569. The molecule has 3 aromatic rings. The Bertz CT molecular complexity index is 1130. The first kappa shape index (κ1) is 20.7. The van der Waals surface area contributed by atoms with Crippen LogP contribution in [0.3, 0.4) is 0 Å². The fraction of sp³-hybridized carbons (Fsp3) is 0.360. The van der Waals surface area contributed by atoms with Gasteiger partial charge in [-0.3, -0.25) is 14.7 Å². The molecule has 0 spiro atoms. The second-order valence-electron chi connectivity index (χ2n) is 8.82. The molecule has 0 fully saturated rings. The summed E-state index contributed by atoms with van der Waals surface area (Å²) in [6.07, 6.45) is 6.84. The van der Waals surface area contributed by atoms with Crippen molar-refractivity contribution in [1.29, 1.82) is 0 Å². The van der Waals surface area contributed by atoms with Gasteiger partial charge in [-0.1, -0.05) is 24.3 Å². The van der Waals surface area contributed by atoms with Crippen LogP contribution in [0.1, 0.15) is 27.2 Å². The number of hydrogen-bond donors (Lipinski definition) is 2. The largest absolute Gasteiger partial charge is 0.390 e. The monoisotopic (exact) mass is 431 g/mol. The number of pyridine rings is 1. The summed E-state index contributed by atoms with van der Waals surface area (Å²) in [6, 6.07) is 12.3. The van der Waals surface area contributed by atoms with Crippen LogP contribution in [-0.2, 0) is 26.4 Å². The van der Waals surface area contributed by atoms with Gasteiger partial charge in [0, 0.05) is 58.6 Å². The van der Waals surface area contributed by atoms with E-state index in [1.54, 1.807) is 11.1 Å². The number of rotatable bonds is 6. The molecule has 1 unspecified atom stereocenters. The minimum Gasteiger partial charge on any atom is -0.390 e. The summed E-state index contributed by atoms with van der Waals surface area (Å²) in [5.41, 5.74) is 5.92. The predicted molar refractivity (Wildman–Crippen MR) is 124 cm³/mol. The van der Waals surface area contributed by atoms with Crippen molar-refractivity contribution < 1.29 is 9.90 Å². The van der Waals surface area contributed by atoms with Gasteiger partial charge >= 0.3 is 0 Å². The van der Waals surface area contributed by atoms with Gasteiger partial charge in [0.05, 0.1) is 34.9 Å². The summed E-state index contributed by atoms with van der Waals surface area (Å²) in [4.78, 5) is 21.7. The van der Waals surface area contributed by atoms with Crippen molar-refractivity contribution in [2.45, 2.75) is 25.5 Å². The molecule has 1 aromatic carbocycles. The van der Waals surface area contributed by atoms with Gasteiger partial charge in [0.2, 0.25) is 0 Å². The van der Waals surface area contributed by atoms with Crippen LogP contribution in [0.4, 0.5) is 11.4 Å². The van der Waals surface area contributed by atoms with Crippen LogP contribution in [0.2, 0.25) is 0 Å². The van der Waals surface area contributed by atoms with Gasteiger partial charge in [0.25, 0.3) is 5.91 Å². The maximum atomic E-state index is 13.1. The van der Waals surface area contributed by atoms with Crippen molar-refractivity contribution in [3.63, 3.8) is 0 Å². The smallest absolute Gasteiger partial charge is 0.255 e. The van der Waals surface area contributed by atoms with E-state index in [0.717, 1.165) is 36.6 Å². The molecule has 2 N–H and O–H groups in total. The fourth-order valence-corrected chi connectivity index (χ4v) is 4.70. The first-order valence-corrected chi connectivity index (χ1v) is 11.2. The number of aromatic nitrogens is 2. The Morgan fingerprint density at radius 1 is 1.09 bits per heavy atom. The number of anilines is 2. The molecule has 7 nitrogen and oxygen atoms in total. The van der Waals surface area contributed by atoms with Crippen LogP contribution < -0.4 is 5.32 Å². The van der Waals surface area contributed by atoms with Gasteiger partial charge in [-0.25, -0.2) is 0 Å². The predicted octanol–water partition coefficient (Wildman–Crippen LogP) is 2.58. The first-order valence-electron chi connectivity index (χ1n) is 11.2. The SMILES string of the molecule is Cn1ccc(Nc2cnc3c(c2)C(=O)N(CC(O)CN2CCc4ccccc4C2)CC3)c1. The number of aryl methyl sites for hydroxylation is 1. The topological polar surface area (TPSA) is 73.6 Å². The van der Waals surface area contributed by atoms with E-state index in [1.165, 1.54) is 11.1 Å². The van der Waals surface area contributed by atoms with E-state index in [9.17, 15) is 9.90 Å². The van der Waals surface area contributed by atoms with E-state index in [-0.39, 0.29) is 5.91 Å². The van der Waals surface area contributed by atoms with Crippen LogP contribution in [0.5, 0.6) is 0 Å². The van der Waals surface area contributed by atoms with Crippen molar-refractivity contribution in [1.82, 2.24) is 19.4 Å². The highest BCUT2D eigenvalue weighted by molar-refractivity contribution is 5.97. The molecule has 0 saturated carbocycles. The number of fused-ring (bicyclic) bond motifs is 2. The zero-order valence-electron chi connectivity index (χ0n) is 18.4. The van der Waals surface area contributed by atoms with E-state index >= 15 is 0 Å². The number of carbonyl (C=O) groups excluding carboxylic acids is 1. The minimum atomic E-state index is -0.579. The highest BCUT2D eigenvalue weighted by atomic mass is 16.3. The molecule has 2 aromatic heterocycles. The van der Waals surface area contributed by atoms with Gasteiger partial charge in [0.1, 0.15) is 0 Å². The van der Waals surface area contributed by atoms with Crippen molar-refractivity contribution in [2.75, 3.05) is 31.5 Å². The number of hydrogen-bond acceptors (Lipinski definition) is 5. The Labute approximate surface area is 188 Å². The van der Waals surface area contributed by atoms with Gasteiger partial charge in [-0.2, -0.15) is 0 Å². The number of aliphatic hydroxyl groups is 1. The third-order valence-corrected chi connectivity index (χ3v) is 6.34. The molecule has 0 aliphatic carbocycles. The Kier molecular flexibility index (Phi) is 5.68. The number of nitrogens with zero attached hydrogens (tertiary/aromatic N) is 4. The van der Waals surface area contributed by atoms with E-state index < -0.39 is 6.10 Å². The molecule has 4 heterocycles. The highest BCUT2D eigenvalue weighted by Gasteiger charge is 2.28. The standard InChI is InChI=1S/C25H29N5O2/c1-28-9-7-20(15-28)27-21-12-23-24(26-13-21)8-11-30(25(23)32)17-22(31)16-29-10-6-18-4-2-3-5-19(18)14-29/h2-5,7,9,12-13,15,22,27,31H,6,8,10-11,14,16-17H2,1H3. The maximum Gasteiger partial charge on any atom is 0.255 e. The second-order valence-corrected chi connectivity index (χ2v) is 8.82. The molecule has 5 rings (SSSR count). The molecule has 1 atom stereocenters. The van der Waals surface area contributed by atoms with Crippen LogP contribution in [-0.4, -0.2) is 62.6 Å². The minimum absolute atomic E-state index is 0.0569. The average molecular weight is 432 g/mol. The van der Waals surface area contributed by atoms with Crippen molar-refractivity contribution >= 4 is 17.3 Å². The van der Waals surface area contributed by atoms with E-state index in [2.05, 4.69) is 39.5 Å². The van der Waals surface area contributed by atoms with Crippen LogP contribution >= 0.6 is 0 Å². The number of aliphatic hydroxyl groups excluding tert-OH is 1. The number of nitrogens with one attached hydrogen (secondary N) is 1. The van der Waals surface area contributed by atoms with Gasteiger partial charge in [-0.05, 0) is 29.7 Å². The Morgan fingerprint density at radius 2 is 1.94 bits per heavy atom. The third-order valence-electron chi connectivity index (χ3n) is 6.34. The maximum absolute atomic E-state index is 13.1.